The van der Waals surface area contributed by atoms with Crippen LogP contribution in [0.3, 0.4) is 0 Å². The number of nitrogens with zero attached hydrogens (tertiary/aromatic N) is 1. The van der Waals surface area contributed by atoms with E-state index in [-0.39, 0.29) is 5.69 Å². The number of hydrogen-bond acceptors (Lipinski definition) is 3. The minimum Gasteiger partial charge on any atom is -0.465 e. The summed E-state index contributed by atoms with van der Waals surface area (Å²) in [4.78, 5) is 0. The van der Waals surface area contributed by atoms with Gasteiger partial charge >= 0.3 is 6.18 Å². The van der Waals surface area contributed by atoms with Gasteiger partial charge in [0.25, 0.3) is 0 Å². The lowest BCUT2D eigenvalue weighted by Gasteiger charge is -2.15. The first-order valence-corrected chi connectivity index (χ1v) is 6.05. The molecule has 0 radical (unpaired) electrons. The molecule has 3 nitrogen and oxygen atoms in total. The standard InChI is InChI=1S/C15H11F3N2O/c16-15(17,18)13-5-1-2-6-14(13)20-11(10-19)7-8-12-4-3-9-21-12/h1-9,11,20H. The Morgan fingerprint density at radius 2 is 1.95 bits per heavy atom. The van der Waals surface area contributed by atoms with E-state index in [1.165, 1.54) is 36.6 Å². The predicted molar refractivity (Wildman–Crippen MR) is 72.2 cm³/mol. The van der Waals surface area contributed by atoms with Gasteiger partial charge < -0.3 is 9.73 Å². The molecule has 0 amide bonds. The Hall–Kier alpha value is -2.68. The van der Waals surface area contributed by atoms with Crippen LogP contribution in [0.2, 0.25) is 0 Å². The van der Waals surface area contributed by atoms with Crippen molar-refractivity contribution in [3.05, 3.63) is 60.1 Å². The van der Waals surface area contributed by atoms with Crippen LogP contribution in [0.1, 0.15) is 11.3 Å². The minimum atomic E-state index is -4.48. The molecule has 1 aromatic heterocycles. The van der Waals surface area contributed by atoms with Crippen LogP contribution in [-0.2, 0) is 6.18 Å². The smallest absolute Gasteiger partial charge is 0.418 e. The molecule has 21 heavy (non-hydrogen) atoms. The molecule has 1 aromatic carbocycles. The first-order valence-electron chi connectivity index (χ1n) is 6.05. The van der Waals surface area contributed by atoms with E-state index >= 15 is 0 Å². The predicted octanol–water partition coefficient (Wildman–Crippen LogP) is 4.32. The summed E-state index contributed by atoms with van der Waals surface area (Å²) >= 11 is 0. The van der Waals surface area contributed by atoms with Crippen molar-refractivity contribution < 1.29 is 17.6 Å². The number of benzene rings is 1. The molecule has 1 atom stereocenters. The first-order chi connectivity index (χ1) is 10.0. The van der Waals surface area contributed by atoms with Crippen molar-refractivity contribution in [3.63, 3.8) is 0 Å². The average molecular weight is 292 g/mol. The lowest BCUT2D eigenvalue weighted by molar-refractivity contribution is -0.136. The van der Waals surface area contributed by atoms with Gasteiger partial charge in [0.1, 0.15) is 11.8 Å². The average Bonchev–Trinajstić information content (AvgIpc) is 2.96. The van der Waals surface area contributed by atoms with E-state index in [4.69, 9.17) is 9.68 Å². The molecule has 0 fully saturated rings. The van der Waals surface area contributed by atoms with Crippen LogP contribution in [0.25, 0.3) is 6.08 Å². The minimum absolute atomic E-state index is 0.138. The van der Waals surface area contributed by atoms with Crippen molar-refractivity contribution in [2.45, 2.75) is 12.2 Å². The Kier molecular flexibility index (Phi) is 4.33. The van der Waals surface area contributed by atoms with E-state index in [9.17, 15) is 13.2 Å². The normalized spacial score (nSPS) is 13.0. The van der Waals surface area contributed by atoms with Crippen molar-refractivity contribution in [3.8, 4) is 6.07 Å². The van der Waals surface area contributed by atoms with Gasteiger partial charge in [-0.15, -0.1) is 0 Å². The fourth-order valence-electron chi connectivity index (χ4n) is 1.72. The summed E-state index contributed by atoms with van der Waals surface area (Å²) in [6.07, 6.45) is -0.0508. The zero-order valence-corrected chi connectivity index (χ0v) is 10.8. The molecule has 0 bridgehead atoms. The summed E-state index contributed by atoms with van der Waals surface area (Å²) in [5, 5.41) is 11.6. The van der Waals surface area contributed by atoms with Crippen LogP contribution >= 0.6 is 0 Å². The van der Waals surface area contributed by atoms with Crippen molar-refractivity contribution >= 4 is 11.8 Å². The highest BCUT2D eigenvalue weighted by Crippen LogP contribution is 2.34. The van der Waals surface area contributed by atoms with Crippen LogP contribution in [0.5, 0.6) is 0 Å². The van der Waals surface area contributed by atoms with Crippen LogP contribution in [0, 0.1) is 11.3 Å². The van der Waals surface area contributed by atoms with Gasteiger partial charge in [-0.25, -0.2) is 0 Å². The van der Waals surface area contributed by atoms with Gasteiger partial charge in [0, 0.05) is 5.69 Å². The Morgan fingerprint density at radius 3 is 2.57 bits per heavy atom. The van der Waals surface area contributed by atoms with Gasteiger partial charge in [0.15, 0.2) is 0 Å². The maximum absolute atomic E-state index is 12.9. The molecule has 0 saturated heterocycles. The van der Waals surface area contributed by atoms with Gasteiger partial charge in [0.2, 0.25) is 0 Å². The summed E-state index contributed by atoms with van der Waals surface area (Å²) in [5.41, 5.74) is -0.947. The number of alkyl halides is 3. The zero-order valence-electron chi connectivity index (χ0n) is 10.8. The number of nitriles is 1. The number of hydrogen-bond donors (Lipinski definition) is 1. The summed E-state index contributed by atoms with van der Waals surface area (Å²) in [6, 6.07) is 9.35. The van der Waals surface area contributed by atoms with Crippen LogP contribution in [0.4, 0.5) is 18.9 Å². The summed E-state index contributed by atoms with van der Waals surface area (Å²) in [7, 11) is 0. The number of nitrogens with one attached hydrogen (secondary N) is 1. The molecule has 1 heterocycles. The second-order valence-electron chi connectivity index (χ2n) is 4.17. The SMILES string of the molecule is N#CC(C=Cc1ccco1)Nc1ccccc1C(F)(F)F. The molecule has 0 aliphatic rings. The topological polar surface area (TPSA) is 49.0 Å². The highest BCUT2D eigenvalue weighted by Gasteiger charge is 2.33. The summed E-state index contributed by atoms with van der Waals surface area (Å²) < 4.78 is 43.6. The molecule has 6 heteroatoms. The Bertz CT molecular complexity index is 654. The monoisotopic (exact) mass is 292 g/mol. The Balaban J connectivity index is 2.18. The molecular formula is C15H11F3N2O. The number of furan rings is 1. The largest absolute Gasteiger partial charge is 0.465 e. The molecule has 2 aromatic rings. The maximum Gasteiger partial charge on any atom is 0.418 e. The highest BCUT2D eigenvalue weighted by atomic mass is 19.4. The molecule has 0 spiro atoms. The molecule has 108 valence electrons. The third kappa shape index (κ3) is 3.89. The molecule has 1 unspecified atom stereocenters. The van der Waals surface area contributed by atoms with Crippen molar-refractivity contribution in [1.29, 1.82) is 5.26 Å². The highest BCUT2D eigenvalue weighted by molar-refractivity contribution is 5.56. The summed E-state index contributed by atoms with van der Waals surface area (Å²) in [6.45, 7) is 0. The zero-order chi connectivity index (χ0) is 15.3. The first kappa shape index (κ1) is 14.7. The van der Waals surface area contributed by atoms with Crippen molar-refractivity contribution in [1.82, 2.24) is 0 Å². The fraction of sp³-hybridized carbons (Fsp3) is 0.133. The van der Waals surface area contributed by atoms with E-state index in [0.717, 1.165) is 6.07 Å². The lowest BCUT2D eigenvalue weighted by atomic mass is 10.1. The van der Waals surface area contributed by atoms with Gasteiger partial charge in [-0.1, -0.05) is 12.1 Å². The van der Waals surface area contributed by atoms with Crippen molar-refractivity contribution in [2.75, 3.05) is 5.32 Å². The van der Waals surface area contributed by atoms with E-state index in [1.807, 2.05) is 6.07 Å². The Morgan fingerprint density at radius 1 is 1.19 bits per heavy atom. The third-order valence-corrected chi connectivity index (χ3v) is 2.68. The number of anilines is 1. The van der Waals surface area contributed by atoms with Crippen LogP contribution < -0.4 is 5.32 Å². The molecule has 0 aliphatic carbocycles. The fourth-order valence-corrected chi connectivity index (χ4v) is 1.72. The number of rotatable bonds is 4. The molecule has 0 saturated carbocycles. The van der Waals surface area contributed by atoms with E-state index in [2.05, 4.69) is 5.32 Å². The number of para-hydroxylation sites is 1. The second kappa shape index (κ2) is 6.18. The molecule has 2 rings (SSSR count). The van der Waals surface area contributed by atoms with Gasteiger partial charge in [-0.05, 0) is 36.4 Å². The lowest BCUT2D eigenvalue weighted by Crippen LogP contribution is -2.18. The number of halogens is 3. The maximum atomic E-state index is 12.9. The molecular weight excluding hydrogens is 281 g/mol. The van der Waals surface area contributed by atoms with Gasteiger partial charge in [-0.3, -0.25) is 0 Å². The van der Waals surface area contributed by atoms with E-state index in [1.54, 1.807) is 12.1 Å². The molecule has 0 aliphatic heterocycles. The van der Waals surface area contributed by atoms with Crippen LogP contribution in [0.15, 0.2) is 53.2 Å². The third-order valence-electron chi connectivity index (χ3n) is 2.68. The van der Waals surface area contributed by atoms with Gasteiger partial charge in [-0.2, -0.15) is 18.4 Å². The quantitative estimate of drug-likeness (QED) is 0.913. The van der Waals surface area contributed by atoms with Crippen molar-refractivity contribution in [2.24, 2.45) is 0 Å². The summed E-state index contributed by atoms with van der Waals surface area (Å²) in [5.74, 6) is 0.515. The van der Waals surface area contributed by atoms with E-state index in [0.29, 0.717) is 5.76 Å². The van der Waals surface area contributed by atoms with E-state index < -0.39 is 17.8 Å². The second-order valence-corrected chi connectivity index (χ2v) is 4.17. The van der Waals surface area contributed by atoms with Gasteiger partial charge in [0.05, 0.1) is 17.9 Å². The Labute approximate surface area is 119 Å². The van der Waals surface area contributed by atoms with Crippen LogP contribution in [-0.4, -0.2) is 6.04 Å². The molecule has 1 N–H and O–H groups in total.